The Kier molecular flexibility index (Phi) is 5.25. The smallest absolute Gasteiger partial charge is 0.309 e. The molecule has 0 unspecified atom stereocenters. The predicted octanol–water partition coefficient (Wildman–Crippen LogP) is 4.43. The maximum atomic E-state index is 14.5. The number of rotatable bonds is 4. The Morgan fingerprint density at radius 2 is 1.90 bits per heavy atom. The van der Waals surface area contributed by atoms with Crippen LogP contribution in [0.3, 0.4) is 0 Å². The molecule has 4 aliphatic carbocycles. The van der Waals surface area contributed by atoms with E-state index in [9.17, 15) is 24.6 Å². The Morgan fingerprint density at radius 1 is 1.21 bits per heavy atom. The van der Waals surface area contributed by atoms with E-state index in [2.05, 4.69) is 0 Å². The first kappa shape index (κ1) is 26.5. The highest BCUT2D eigenvalue weighted by Crippen LogP contribution is 2.81. The number of furan rings is 1. The minimum atomic E-state index is -1.37. The number of fused-ring (bicyclic) bond motifs is 3. The number of epoxide rings is 1. The van der Waals surface area contributed by atoms with Crippen LogP contribution in [0.4, 0.5) is 0 Å². The molecule has 0 radical (unpaired) electrons. The van der Waals surface area contributed by atoms with E-state index in [1.807, 2.05) is 26.8 Å². The summed E-state index contributed by atoms with van der Waals surface area (Å²) in [5, 5.41) is 24.0. The van der Waals surface area contributed by atoms with Gasteiger partial charge in [0, 0.05) is 22.7 Å². The predicted molar refractivity (Wildman–Crippen MR) is 139 cm³/mol. The summed E-state index contributed by atoms with van der Waals surface area (Å²) in [6.45, 7) is 12.7. The highest BCUT2D eigenvalue weighted by Gasteiger charge is 2.91. The molecule has 5 aliphatic rings. The van der Waals surface area contributed by atoms with Crippen molar-refractivity contribution in [3.05, 3.63) is 47.6 Å². The molecule has 2 heterocycles. The van der Waals surface area contributed by atoms with E-state index in [0.717, 1.165) is 5.56 Å². The summed E-state index contributed by atoms with van der Waals surface area (Å²) in [5.74, 6) is -3.07. The Balaban J connectivity index is 1.62. The Hall–Kier alpha value is -2.71. The maximum absolute atomic E-state index is 14.5. The second-order valence-corrected chi connectivity index (χ2v) is 13.5. The number of hydrogen-bond acceptors (Lipinski definition) is 8. The van der Waals surface area contributed by atoms with E-state index in [1.54, 1.807) is 46.3 Å². The van der Waals surface area contributed by atoms with Crippen LogP contribution in [-0.4, -0.2) is 51.7 Å². The molecule has 1 saturated heterocycles. The highest BCUT2D eigenvalue weighted by molar-refractivity contribution is 6.06. The largest absolute Gasteiger partial charge is 0.504 e. The number of allylic oxidation sites excluding steroid dienone is 4. The van der Waals surface area contributed by atoms with Gasteiger partial charge < -0.3 is 24.1 Å². The van der Waals surface area contributed by atoms with Crippen LogP contribution in [0.25, 0.3) is 0 Å². The number of hydrogen-bond donors (Lipinski definition) is 2. The van der Waals surface area contributed by atoms with E-state index >= 15 is 0 Å². The maximum Gasteiger partial charge on any atom is 0.309 e. The summed E-state index contributed by atoms with van der Waals surface area (Å²) >= 11 is 0. The minimum absolute atomic E-state index is 0.229. The van der Waals surface area contributed by atoms with Gasteiger partial charge in [0.25, 0.3) is 0 Å². The van der Waals surface area contributed by atoms with Gasteiger partial charge in [-0.25, -0.2) is 0 Å². The number of Topliss-reactive ketones (excluding diaryl/α,β-unsaturated/α-hetero) is 1. The van der Waals surface area contributed by atoms with Crippen molar-refractivity contribution < 1.29 is 38.5 Å². The average Bonchev–Trinajstić information content (AvgIpc) is 3.24. The molecule has 0 amide bonds. The molecular formula is C31H38O8. The van der Waals surface area contributed by atoms with Gasteiger partial charge in [-0.2, -0.15) is 0 Å². The SMILES string of the molecule is CC[C@H](C)C(=O)O[C@H]1[C@@H](O)[C@@H]2[C@@]3(C)C=CC(=O)C(C)(C)C3=C(O)C(=O)[C@@]2(C)[C@@]23O[C@@H]2C[C@@H](c2ccoc2)[C@]13C. The molecule has 8 heteroatoms. The van der Waals surface area contributed by atoms with Crippen LogP contribution < -0.4 is 0 Å². The molecule has 2 saturated carbocycles. The molecule has 10 atom stereocenters. The zero-order valence-corrected chi connectivity index (χ0v) is 23.6. The van der Waals surface area contributed by atoms with E-state index in [4.69, 9.17) is 13.9 Å². The quantitative estimate of drug-likeness (QED) is 0.426. The third-order valence-corrected chi connectivity index (χ3v) is 11.5. The third kappa shape index (κ3) is 2.75. The average molecular weight is 539 g/mol. The molecule has 8 nitrogen and oxygen atoms in total. The Morgan fingerprint density at radius 3 is 2.51 bits per heavy atom. The van der Waals surface area contributed by atoms with Gasteiger partial charge in [-0.05, 0) is 56.9 Å². The number of aliphatic hydroxyl groups excluding tert-OH is 2. The van der Waals surface area contributed by atoms with Crippen LogP contribution >= 0.6 is 0 Å². The lowest BCUT2D eigenvalue weighted by Gasteiger charge is -2.65. The molecule has 2 N–H and O–H groups in total. The van der Waals surface area contributed by atoms with Gasteiger partial charge in [0.05, 0.1) is 41.5 Å². The van der Waals surface area contributed by atoms with Crippen molar-refractivity contribution >= 4 is 17.5 Å². The van der Waals surface area contributed by atoms with Gasteiger partial charge in [-0.1, -0.05) is 33.8 Å². The summed E-state index contributed by atoms with van der Waals surface area (Å²) in [5.41, 5.74) is -4.57. The van der Waals surface area contributed by atoms with E-state index < -0.39 is 62.9 Å². The summed E-state index contributed by atoms with van der Waals surface area (Å²) < 4.78 is 18.2. The van der Waals surface area contributed by atoms with Crippen molar-refractivity contribution in [2.24, 2.45) is 33.5 Å². The van der Waals surface area contributed by atoms with E-state index in [-0.39, 0.29) is 23.7 Å². The lowest BCUT2D eigenvalue weighted by molar-refractivity contribution is -0.242. The number of carbonyl (C=O) groups is 3. The van der Waals surface area contributed by atoms with Crippen LogP contribution in [0.5, 0.6) is 0 Å². The zero-order chi connectivity index (χ0) is 28.5. The fraction of sp³-hybridized carbons (Fsp3) is 0.645. The first-order valence-electron chi connectivity index (χ1n) is 14.0. The highest BCUT2D eigenvalue weighted by atomic mass is 16.6. The molecule has 6 rings (SSSR count). The van der Waals surface area contributed by atoms with Crippen molar-refractivity contribution in [3.8, 4) is 0 Å². The number of esters is 1. The second kappa shape index (κ2) is 7.72. The fourth-order valence-corrected chi connectivity index (χ4v) is 9.45. The van der Waals surface area contributed by atoms with Crippen LogP contribution in [0.15, 0.2) is 46.5 Å². The number of ketones is 2. The fourth-order valence-electron chi connectivity index (χ4n) is 9.45. The molecular weight excluding hydrogens is 500 g/mol. The van der Waals surface area contributed by atoms with Crippen molar-refractivity contribution in [2.75, 3.05) is 0 Å². The molecule has 1 aromatic heterocycles. The van der Waals surface area contributed by atoms with Gasteiger partial charge in [0.2, 0.25) is 5.78 Å². The molecule has 210 valence electrons. The minimum Gasteiger partial charge on any atom is -0.504 e. The van der Waals surface area contributed by atoms with Crippen LogP contribution in [0, 0.1) is 33.5 Å². The molecule has 1 spiro atoms. The molecule has 3 fully saturated rings. The molecule has 1 aliphatic heterocycles. The summed E-state index contributed by atoms with van der Waals surface area (Å²) in [4.78, 5) is 40.8. The zero-order valence-electron chi connectivity index (χ0n) is 23.6. The van der Waals surface area contributed by atoms with Crippen molar-refractivity contribution in [1.29, 1.82) is 0 Å². The topological polar surface area (TPSA) is 127 Å². The van der Waals surface area contributed by atoms with Gasteiger partial charge in [-0.3, -0.25) is 14.4 Å². The van der Waals surface area contributed by atoms with Gasteiger partial charge in [0.15, 0.2) is 11.5 Å². The van der Waals surface area contributed by atoms with Crippen LogP contribution in [0.1, 0.15) is 72.8 Å². The number of ether oxygens (including phenoxy) is 2. The monoisotopic (exact) mass is 538 g/mol. The van der Waals surface area contributed by atoms with Crippen molar-refractivity contribution in [1.82, 2.24) is 0 Å². The first-order chi connectivity index (χ1) is 18.2. The van der Waals surface area contributed by atoms with Gasteiger partial charge in [0.1, 0.15) is 11.7 Å². The normalized spacial score (nSPS) is 46.2. The Labute approximate surface area is 228 Å². The number of carbonyl (C=O) groups excluding carboxylic acids is 3. The van der Waals surface area contributed by atoms with Crippen molar-refractivity contribution in [3.63, 3.8) is 0 Å². The van der Waals surface area contributed by atoms with E-state index in [1.165, 1.54) is 6.08 Å². The summed E-state index contributed by atoms with van der Waals surface area (Å²) in [6.07, 6.45) is 4.90. The number of aliphatic hydroxyl groups is 2. The van der Waals surface area contributed by atoms with Gasteiger partial charge in [-0.15, -0.1) is 0 Å². The molecule has 0 aromatic carbocycles. The van der Waals surface area contributed by atoms with Crippen LogP contribution in [-0.2, 0) is 23.9 Å². The molecule has 39 heavy (non-hydrogen) atoms. The summed E-state index contributed by atoms with van der Waals surface area (Å²) in [7, 11) is 0. The Bertz CT molecular complexity index is 1340. The van der Waals surface area contributed by atoms with Crippen molar-refractivity contribution in [2.45, 2.75) is 91.1 Å². The molecule has 0 bridgehead atoms. The third-order valence-electron chi connectivity index (χ3n) is 11.5. The van der Waals surface area contributed by atoms with E-state index in [0.29, 0.717) is 18.4 Å². The van der Waals surface area contributed by atoms with Crippen LogP contribution in [0.2, 0.25) is 0 Å². The standard InChI is InChI=1S/C31H38O8/c1-8-15(2)26(36)38-25-21(34)23-28(5)11-9-18(32)27(3,4)22(28)20(33)24(35)30(23,7)31-19(39-31)13-17(29(25,31)6)16-10-12-37-14-16/h9-12,14-15,17,19,21,23,25,33-34H,8,13H2,1-7H3/t15-,17-,19+,21-,23+,25-,28-,29+,30-,31+/m0/s1. The first-order valence-corrected chi connectivity index (χ1v) is 14.0. The van der Waals surface area contributed by atoms with Gasteiger partial charge >= 0.3 is 5.97 Å². The lowest BCUT2D eigenvalue weighted by Crippen LogP contribution is -2.75. The summed E-state index contributed by atoms with van der Waals surface area (Å²) in [6, 6.07) is 1.86. The lowest BCUT2D eigenvalue weighted by atomic mass is 9.38. The second-order valence-electron chi connectivity index (χ2n) is 13.5. The molecule has 1 aromatic rings.